The summed E-state index contributed by atoms with van der Waals surface area (Å²) >= 11 is 0. The Morgan fingerprint density at radius 3 is 1.76 bits per heavy atom. The van der Waals surface area contributed by atoms with Crippen molar-refractivity contribution in [3.8, 4) is 0 Å². The van der Waals surface area contributed by atoms with Crippen LogP contribution in [0.15, 0.2) is 0 Å². The van der Waals surface area contributed by atoms with Crippen LogP contribution in [-0.2, 0) is 43.1 Å². The molecule has 0 saturated carbocycles. The molecule has 0 aliphatic carbocycles. The lowest BCUT2D eigenvalue weighted by atomic mass is 10.0. The van der Waals surface area contributed by atoms with Gasteiger partial charge in [-0.2, -0.15) is 5.06 Å². The Bertz CT molecular complexity index is 1110. The van der Waals surface area contributed by atoms with Crippen molar-refractivity contribution in [3.63, 3.8) is 0 Å². The van der Waals surface area contributed by atoms with E-state index >= 15 is 0 Å². The number of amides is 5. The van der Waals surface area contributed by atoms with Gasteiger partial charge in [-0.05, 0) is 32.1 Å². The molecule has 17 heteroatoms. The van der Waals surface area contributed by atoms with Gasteiger partial charge in [-0.25, -0.2) is 14.4 Å². The molecule has 0 aromatic carbocycles. The first kappa shape index (κ1) is 48.0. The number of hydrogen-bond donors (Lipinski definition) is 6. The quantitative estimate of drug-likeness (QED) is 0.0507. The molecule has 1 rings (SSSR count). The van der Waals surface area contributed by atoms with Crippen molar-refractivity contribution in [2.75, 3.05) is 52.6 Å². The first-order valence-electron chi connectivity index (χ1n) is 19.8. The van der Waals surface area contributed by atoms with E-state index < -0.39 is 30.0 Å². The third-order valence-electron chi connectivity index (χ3n) is 8.67. The van der Waals surface area contributed by atoms with E-state index in [0.29, 0.717) is 38.8 Å². The number of nitrogens with zero attached hydrogens (tertiary/aromatic N) is 1. The van der Waals surface area contributed by atoms with Crippen LogP contribution in [0.5, 0.6) is 0 Å². The van der Waals surface area contributed by atoms with Crippen LogP contribution in [0.25, 0.3) is 0 Å². The molecular weight excluding hydrogens is 706 g/mol. The van der Waals surface area contributed by atoms with Crippen LogP contribution in [0.2, 0.25) is 0 Å². The monoisotopic (exact) mass is 771 g/mol. The molecule has 1 aliphatic rings. The Labute approximate surface area is 319 Å². The minimum atomic E-state index is -1.18. The molecule has 1 heterocycles. The standard InChI is InChI=1S/C37H65N5O12/c43-31(38-22-16-23-39-37(51)40-24-26-52-27-28-53-29-35(48)54-42-25-15-18-33(42)45)21-20-30(36(49)50)41-32(44)17-13-11-9-7-5-3-1-2-4-6-8-10-12-14-19-34(46)47/h30H,1-29H2,(H,38,43)(H,41,44)(H,46,47)(H,49,50)(H2,39,40,51)/t30-/m0/s1. The fraction of sp³-hybridized carbons (Fsp3) is 0.811. The number of rotatable bonds is 35. The SMILES string of the molecule is O=C(O)CCCCCCCCCCCCCCCCC(=O)N[C@@H](CCC(=O)NCCCNC(=O)NCCOCCOCC(=O)ON1CCCC1=O)C(=O)O. The molecule has 5 amide bonds. The highest BCUT2D eigenvalue weighted by Gasteiger charge is 2.24. The van der Waals surface area contributed by atoms with Crippen LogP contribution in [0.3, 0.4) is 0 Å². The number of aliphatic carboxylic acids is 2. The van der Waals surface area contributed by atoms with Gasteiger partial charge in [0.15, 0.2) is 0 Å². The summed E-state index contributed by atoms with van der Waals surface area (Å²) in [6, 6.07) is -1.54. The highest BCUT2D eigenvalue weighted by Crippen LogP contribution is 2.14. The summed E-state index contributed by atoms with van der Waals surface area (Å²) in [5.74, 6) is -3.46. The summed E-state index contributed by atoms with van der Waals surface area (Å²) in [5.41, 5.74) is 0. The molecule has 1 fully saturated rings. The number of carboxylic acids is 2. The van der Waals surface area contributed by atoms with Gasteiger partial charge in [0, 0.05) is 45.3 Å². The molecule has 1 atom stereocenters. The van der Waals surface area contributed by atoms with Crippen LogP contribution in [0, 0.1) is 0 Å². The fourth-order valence-corrected chi connectivity index (χ4v) is 5.63. The maximum atomic E-state index is 12.3. The van der Waals surface area contributed by atoms with Crippen LogP contribution in [0.1, 0.15) is 135 Å². The zero-order valence-corrected chi connectivity index (χ0v) is 32.0. The minimum absolute atomic E-state index is 0.0258. The third-order valence-corrected chi connectivity index (χ3v) is 8.67. The number of hydrogen-bond acceptors (Lipinski definition) is 10. The number of nitrogens with one attached hydrogen (secondary N) is 4. The molecule has 0 bridgehead atoms. The Hall–Kier alpha value is -3.99. The van der Waals surface area contributed by atoms with Crippen LogP contribution in [-0.4, -0.2) is 116 Å². The molecule has 54 heavy (non-hydrogen) atoms. The Morgan fingerprint density at radius 1 is 0.630 bits per heavy atom. The van der Waals surface area contributed by atoms with Crippen molar-refractivity contribution >= 4 is 41.7 Å². The number of ether oxygens (including phenoxy) is 2. The lowest BCUT2D eigenvalue weighted by molar-refractivity contribution is -0.196. The van der Waals surface area contributed by atoms with E-state index in [1.807, 2.05) is 0 Å². The van der Waals surface area contributed by atoms with Gasteiger partial charge in [-0.15, -0.1) is 0 Å². The van der Waals surface area contributed by atoms with Gasteiger partial charge in [-0.3, -0.25) is 19.2 Å². The predicted octanol–water partition coefficient (Wildman–Crippen LogP) is 3.58. The smallest absolute Gasteiger partial charge is 0.357 e. The molecule has 1 aliphatic heterocycles. The van der Waals surface area contributed by atoms with Gasteiger partial charge < -0.3 is 45.8 Å². The van der Waals surface area contributed by atoms with Gasteiger partial charge in [0.2, 0.25) is 11.8 Å². The number of hydroxylamine groups is 2. The highest BCUT2D eigenvalue weighted by atomic mass is 16.7. The van der Waals surface area contributed by atoms with E-state index in [1.165, 1.54) is 44.9 Å². The van der Waals surface area contributed by atoms with Crippen molar-refractivity contribution in [1.82, 2.24) is 26.3 Å². The van der Waals surface area contributed by atoms with Crippen LogP contribution in [0.4, 0.5) is 4.79 Å². The molecule has 0 spiro atoms. The molecule has 0 aromatic heterocycles. The van der Waals surface area contributed by atoms with E-state index in [4.69, 9.17) is 19.4 Å². The summed E-state index contributed by atoms with van der Waals surface area (Å²) in [4.78, 5) is 86.5. The normalized spacial score (nSPS) is 13.0. The van der Waals surface area contributed by atoms with E-state index in [0.717, 1.165) is 43.6 Å². The Kier molecular flexibility index (Phi) is 28.9. The number of carboxylic acid groups (broad SMARTS) is 2. The zero-order valence-electron chi connectivity index (χ0n) is 32.0. The van der Waals surface area contributed by atoms with E-state index in [-0.39, 0.29) is 82.9 Å². The van der Waals surface area contributed by atoms with E-state index in [9.17, 15) is 38.7 Å². The summed E-state index contributed by atoms with van der Waals surface area (Å²) in [5, 5.41) is 29.7. The summed E-state index contributed by atoms with van der Waals surface area (Å²) in [6.45, 7) is 1.47. The maximum absolute atomic E-state index is 12.3. The molecule has 0 unspecified atom stereocenters. The molecule has 17 nitrogen and oxygen atoms in total. The maximum Gasteiger partial charge on any atom is 0.357 e. The average Bonchev–Trinajstić information content (AvgIpc) is 3.53. The lowest BCUT2D eigenvalue weighted by Gasteiger charge is -2.14. The zero-order chi connectivity index (χ0) is 39.7. The largest absolute Gasteiger partial charge is 0.481 e. The first-order chi connectivity index (χ1) is 26.1. The van der Waals surface area contributed by atoms with Crippen molar-refractivity contribution < 1.29 is 58.1 Å². The average molecular weight is 772 g/mol. The lowest BCUT2D eigenvalue weighted by Crippen LogP contribution is -2.41. The molecular formula is C37H65N5O12. The summed E-state index contributed by atoms with van der Waals surface area (Å²) < 4.78 is 10.5. The molecule has 310 valence electrons. The molecule has 6 N–H and O–H groups in total. The van der Waals surface area contributed by atoms with Crippen LogP contribution >= 0.6 is 0 Å². The van der Waals surface area contributed by atoms with Crippen molar-refractivity contribution in [3.05, 3.63) is 0 Å². The second-order valence-electron chi connectivity index (χ2n) is 13.5. The second-order valence-corrected chi connectivity index (χ2v) is 13.5. The van der Waals surface area contributed by atoms with Gasteiger partial charge in [0.05, 0.1) is 26.4 Å². The van der Waals surface area contributed by atoms with Crippen molar-refractivity contribution in [2.24, 2.45) is 0 Å². The van der Waals surface area contributed by atoms with Gasteiger partial charge in [-0.1, -0.05) is 77.0 Å². The number of carbonyl (C=O) groups is 7. The fourth-order valence-electron chi connectivity index (χ4n) is 5.63. The van der Waals surface area contributed by atoms with E-state index in [2.05, 4.69) is 21.3 Å². The topological polar surface area (TPSA) is 239 Å². The predicted molar refractivity (Wildman–Crippen MR) is 198 cm³/mol. The van der Waals surface area contributed by atoms with Gasteiger partial charge >= 0.3 is 23.9 Å². The van der Waals surface area contributed by atoms with Gasteiger partial charge in [0.25, 0.3) is 5.91 Å². The van der Waals surface area contributed by atoms with Crippen molar-refractivity contribution in [2.45, 2.75) is 141 Å². The minimum Gasteiger partial charge on any atom is -0.481 e. The molecule has 0 radical (unpaired) electrons. The van der Waals surface area contributed by atoms with Crippen LogP contribution < -0.4 is 21.3 Å². The third kappa shape index (κ3) is 28.5. The molecule has 1 saturated heterocycles. The van der Waals surface area contributed by atoms with E-state index in [1.54, 1.807) is 0 Å². The second kappa shape index (κ2) is 32.4. The van der Waals surface area contributed by atoms with Gasteiger partial charge in [0.1, 0.15) is 12.6 Å². The van der Waals surface area contributed by atoms with Crippen molar-refractivity contribution in [1.29, 1.82) is 0 Å². The number of carbonyl (C=O) groups excluding carboxylic acids is 5. The Balaban J connectivity index is 1.93. The highest BCUT2D eigenvalue weighted by molar-refractivity contribution is 5.84. The summed E-state index contributed by atoms with van der Waals surface area (Å²) in [6.07, 6.45) is 17.0. The first-order valence-corrected chi connectivity index (χ1v) is 19.8. The summed E-state index contributed by atoms with van der Waals surface area (Å²) in [7, 11) is 0. The Morgan fingerprint density at radius 2 is 1.19 bits per heavy atom. The number of unbranched alkanes of at least 4 members (excludes halogenated alkanes) is 13. The number of urea groups is 1. The molecule has 0 aromatic rings.